The van der Waals surface area contributed by atoms with Gasteiger partial charge in [-0.1, -0.05) is 23.7 Å². The van der Waals surface area contributed by atoms with E-state index in [1.165, 1.54) is 12.1 Å². The highest BCUT2D eigenvalue weighted by Crippen LogP contribution is 2.20. The molecule has 0 atom stereocenters. The Hall–Kier alpha value is -2.57. The molecule has 2 aromatic heterocycles. The van der Waals surface area contributed by atoms with Crippen molar-refractivity contribution in [3.05, 3.63) is 89.2 Å². The standard InChI is InChI=1S/C19H16ClFN4S/c20-17-10-15(6-7-18(17)21)24-19(26)25(12-14-4-3-8-22-11-14)13-16-5-1-2-9-23-16/h1-11H,12-13H2,(H,24,26). The van der Waals surface area contributed by atoms with Crippen molar-refractivity contribution in [3.63, 3.8) is 0 Å². The highest BCUT2D eigenvalue weighted by Gasteiger charge is 2.13. The van der Waals surface area contributed by atoms with Gasteiger partial charge < -0.3 is 10.2 Å². The number of anilines is 1. The minimum atomic E-state index is -0.469. The number of thiocarbonyl (C=S) groups is 1. The lowest BCUT2D eigenvalue weighted by Crippen LogP contribution is -2.34. The van der Waals surface area contributed by atoms with E-state index in [2.05, 4.69) is 15.3 Å². The second kappa shape index (κ2) is 8.69. The van der Waals surface area contributed by atoms with Crippen LogP contribution in [0.2, 0.25) is 5.02 Å². The maximum Gasteiger partial charge on any atom is 0.174 e. The SMILES string of the molecule is Fc1ccc(NC(=S)N(Cc2cccnc2)Cc2ccccn2)cc1Cl. The van der Waals surface area contributed by atoms with Crippen molar-refractivity contribution in [2.45, 2.75) is 13.1 Å². The molecule has 7 heteroatoms. The topological polar surface area (TPSA) is 41.0 Å². The van der Waals surface area contributed by atoms with Crippen LogP contribution in [0.25, 0.3) is 0 Å². The average Bonchev–Trinajstić information content (AvgIpc) is 2.66. The first-order chi connectivity index (χ1) is 12.6. The number of pyridine rings is 2. The number of benzene rings is 1. The van der Waals surface area contributed by atoms with Crippen molar-refractivity contribution < 1.29 is 4.39 Å². The zero-order chi connectivity index (χ0) is 18.4. The smallest absolute Gasteiger partial charge is 0.174 e. The number of aromatic nitrogens is 2. The number of nitrogens with zero attached hydrogens (tertiary/aromatic N) is 3. The number of hydrogen-bond acceptors (Lipinski definition) is 3. The Bertz CT molecular complexity index is 836. The Balaban J connectivity index is 1.78. The summed E-state index contributed by atoms with van der Waals surface area (Å²) in [6.45, 7) is 1.08. The van der Waals surface area contributed by atoms with Crippen LogP contribution in [-0.4, -0.2) is 20.0 Å². The first-order valence-electron chi connectivity index (χ1n) is 7.91. The average molecular weight is 387 g/mol. The summed E-state index contributed by atoms with van der Waals surface area (Å²) in [5.74, 6) is -0.469. The third kappa shape index (κ3) is 4.97. The molecule has 4 nitrogen and oxygen atoms in total. The van der Waals surface area contributed by atoms with E-state index in [9.17, 15) is 4.39 Å². The molecule has 0 radical (unpaired) electrons. The first kappa shape index (κ1) is 18.2. The molecule has 3 aromatic rings. The fourth-order valence-electron chi connectivity index (χ4n) is 2.38. The Morgan fingerprint density at radius 1 is 1.12 bits per heavy atom. The molecule has 1 aromatic carbocycles. The van der Waals surface area contributed by atoms with Crippen molar-refractivity contribution in [1.29, 1.82) is 0 Å². The van der Waals surface area contributed by atoms with Crippen molar-refractivity contribution >= 4 is 34.6 Å². The number of halogens is 2. The second-order valence-electron chi connectivity index (χ2n) is 5.60. The van der Waals surface area contributed by atoms with Gasteiger partial charge in [-0.3, -0.25) is 9.97 Å². The van der Waals surface area contributed by atoms with Crippen LogP contribution in [0, 0.1) is 5.82 Å². The Labute approximate surface area is 161 Å². The van der Waals surface area contributed by atoms with Gasteiger partial charge in [-0.15, -0.1) is 0 Å². The summed E-state index contributed by atoms with van der Waals surface area (Å²) in [5.41, 5.74) is 2.53. The lowest BCUT2D eigenvalue weighted by molar-refractivity contribution is 0.407. The van der Waals surface area contributed by atoms with E-state index in [-0.39, 0.29) is 5.02 Å². The Kier molecular flexibility index (Phi) is 6.09. The summed E-state index contributed by atoms with van der Waals surface area (Å²) < 4.78 is 13.4. The monoisotopic (exact) mass is 386 g/mol. The van der Waals surface area contributed by atoms with Gasteiger partial charge in [-0.2, -0.15) is 0 Å². The molecular formula is C19H16ClFN4S. The second-order valence-corrected chi connectivity index (χ2v) is 6.39. The molecule has 0 bridgehead atoms. The van der Waals surface area contributed by atoms with Crippen LogP contribution in [0.1, 0.15) is 11.3 Å². The van der Waals surface area contributed by atoms with Crippen molar-refractivity contribution in [2.24, 2.45) is 0 Å². The van der Waals surface area contributed by atoms with Gasteiger partial charge in [0.1, 0.15) is 5.82 Å². The van der Waals surface area contributed by atoms with E-state index >= 15 is 0 Å². The fourth-order valence-corrected chi connectivity index (χ4v) is 2.80. The maximum absolute atomic E-state index is 13.4. The Morgan fingerprint density at radius 2 is 2.00 bits per heavy atom. The first-order valence-corrected chi connectivity index (χ1v) is 8.70. The van der Waals surface area contributed by atoms with E-state index < -0.39 is 5.82 Å². The molecule has 0 fully saturated rings. The van der Waals surface area contributed by atoms with E-state index in [0.29, 0.717) is 23.9 Å². The minimum Gasteiger partial charge on any atom is -0.339 e. The highest BCUT2D eigenvalue weighted by atomic mass is 35.5. The van der Waals surface area contributed by atoms with Gasteiger partial charge in [0.2, 0.25) is 0 Å². The third-order valence-electron chi connectivity index (χ3n) is 3.63. The molecule has 132 valence electrons. The molecule has 0 saturated carbocycles. The molecule has 0 amide bonds. The van der Waals surface area contributed by atoms with Gasteiger partial charge in [0.25, 0.3) is 0 Å². The van der Waals surface area contributed by atoms with Crippen LogP contribution in [0.5, 0.6) is 0 Å². The molecular weight excluding hydrogens is 371 g/mol. The van der Waals surface area contributed by atoms with E-state index in [1.807, 2.05) is 35.2 Å². The van der Waals surface area contributed by atoms with Crippen molar-refractivity contribution in [1.82, 2.24) is 14.9 Å². The van der Waals surface area contributed by atoms with Gasteiger partial charge >= 0.3 is 0 Å². The molecule has 0 aliphatic rings. The summed E-state index contributed by atoms with van der Waals surface area (Å²) in [4.78, 5) is 10.5. The largest absolute Gasteiger partial charge is 0.339 e. The van der Waals surface area contributed by atoms with E-state index in [0.717, 1.165) is 11.3 Å². The highest BCUT2D eigenvalue weighted by molar-refractivity contribution is 7.80. The lowest BCUT2D eigenvalue weighted by atomic mass is 10.2. The zero-order valence-corrected chi connectivity index (χ0v) is 15.3. The summed E-state index contributed by atoms with van der Waals surface area (Å²) in [6.07, 6.45) is 5.26. The van der Waals surface area contributed by atoms with Gasteiger partial charge in [-0.05, 0) is 54.2 Å². The summed E-state index contributed by atoms with van der Waals surface area (Å²) in [5, 5.41) is 3.64. The number of rotatable bonds is 5. The van der Waals surface area contributed by atoms with E-state index in [4.69, 9.17) is 23.8 Å². The van der Waals surface area contributed by atoms with Crippen LogP contribution in [0.3, 0.4) is 0 Å². The van der Waals surface area contributed by atoms with Gasteiger partial charge in [0.15, 0.2) is 5.11 Å². The summed E-state index contributed by atoms with van der Waals surface area (Å²) in [6, 6.07) is 14.0. The summed E-state index contributed by atoms with van der Waals surface area (Å²) in [7, 11) is 0. The molecule has 0 unspecified atom stereocenters. The fraction of sp³-hybridized carbons (Fsp3) is 0.105. The predicted octanol–water partition coefficient (Wildman–Crippen LogP) is 4.67. The quantitative estimate of drug-likeness (QED) is 0.645. The van der Waals surface area contributed by atoms with Gasteiger partial charge in [0.05, 0.1) is 17.3 Å². The molecule has 1 N–H and O–H groups in total. The van der Waals surface area contributed by atoms with Crippen LogP contribution >= 0.6 is 23.8 Å². The molecule has 26 heavy (non-hydrogen) atoms. The number of hydrogen-bond donors (Lipinski definition) is 1. The molecule has 0 aliphatic heterocycles. The molecule has 3 rings (SSSR count). The maximum atomic E-state index is 13.4. The predicted molar refractivity (Wildman–Crippen MR) is 105 cm³/mol. The van der Waals surface area contributed by atoms with E-state index in [1.54, 1.807) is 24.7 Å². The molecule has 0 aliphatic carbocycles. The molecule has 0 saturated heterocycles. The molecule has 2 heterocycles. The third-order valence-corrected chi connectivity index (χ3v) is 4.28. The number of nitrogens with one attached hydrogen (secondary N) is 1. The minimum absolute atomic E-state index is 0.0429. The van der Waals surface area contributed by atoms with Gasteiger partial charge in [-0.25, -0.2) is 4.39 Å². The van der Waals surface area contributed by atoms with Crippen LogP contribution < -0.4 is 5.32 Å². The lowest BCUT2D eigenvalue weighted by Gasteiger charge is -2.25. The van der Waals surface area contributed by atoms with Crippen LogP contribution in [0.15, 0.2) is 67.1 Å². The zero-order valence-electron chi connectivity index (χ0n) is 13.8. The van der Waals surface area contributed by atoms with Crippen molar-refractivity contribution in [2.75, 3.05) is 5.32 Å². The summed E-state index contributed by atoms with van der Waals surface area (Å²) >= 11 is 11.4. The van der Waals surface area contributed by atoms with Crippen LogP contribution in [0.4, 0.5) is 10.1 Å². The van der Waals surface area contributed by atoms with Gasteiger partial charge in [0, 0.05) is 30.8 Å². The Morgan fingerprint density at radius 3 is 2.69 bits per heavy atom. The van der Waals surface area contributed by atoms with Crippen LogP contribution in [-0.2, 0) is 13.1 Å². The normalized spacial score (nSPS) is 10.4. The molecule has 0 spiro atoms. The van der Waals surface area contributed by atoms with Crippen molar-refractivity contribution in [3.8, 4) is 0 Å².